The van der Waals surface area contributed by atoms with E-state index < -0.39 is 0 Å². The van der Waals surface area contributed by atoms with Gasteiger partial charge >= 0.3 is 0 Å². The predicted octanol–water partition coefficient (Wildman–Crippen LogP) is 9.97. The van der Waals surface area contributed by atoms with Crippen LogP contribution in [0.2, 0.25) is 0 Å². The van der Waals surface area contributed by atoms with Crippen molar-refractivity contribution in [3.63, 3.8) is 0 Å². The highest BCUT2D eigenvalue weighted by Crippen LogP contribution is 2.45. The van der Waals surface area contributed by atoms with E-state index in [4.69, 9.17) is 6.57 Å². The van der Waals surface area contributed by atoms with Crippen LogP contribution >= 0.6 is 0 Å². The van der Waals surface area contributed by atoms with Crippen molar-refractivity contribution < 1.29 is 0 Å². The van der Waals surface area contributed by atoms with Gasteiger partial charge in [-0.05, 0) is 30.3 Å². The van der Waals surface area contributed by atoms with E-state index in [0.717, 1.165) is 55.3 Å². The number of fused-ring (bicyclic) bond motifs is 6. The first kappa shape index (κ1) is 23.8. The van der Waals surface area contributed by atoms with Crippen LogP contribution in [-0.4, -0.2) is 9.13 Å². The molecule has 0 aliphatic rings. The monoisotopic (exact) mass is 534 g/mol. The van der Waals surface area contributed by atoms with Crippen LogP contribution in [0.4, 0.5) is 5.69 Å². The molecule has 2 aromatic heterocycles. The number of para-hydroxylation sites is 5. The summed E-state index contributed by atoms with van der Waals surface area (Å²) < 4.78 is 4.44. The number of aromatic nitrogens is 2. The van der Waals surface area contributed by atoms with Gasteiger partial charge in [0.25, 0.3) is 0 Å². The zero-order chi connectivity index (χ0) is 28.2. The Hall–Kier alpha value is -6.10. The molecule has 0 aliphatic carbocycles. The predicted molar refractivity (Wildman–Crippen MR) is 172 cm³/mol. The average molecular weight is 535 g/mol. The quantitative estimate of drug-likeness (QED) is 0.208. The van der Waals surface area contributed by atoms with Gasteiger partial charge in [0, 0.05) is 32.7 Å². The summed E-state index contributed by atoms with van der Waals surface area (Å²) in [7, 11) is 0. The van der Waals surface area contributed by atoms with Crippen molar-refractivity contribution in [2.45, 2.75) is 0 Å². The Bertz CT molecular complexity index is 2340. The van der Waals surface area contributed by atoms with Gasteiger partial charge in [0.05, 0.1) is 51.6 Å². The van der Waals surface area contributed by atoms with E-state index in [1.807, 2.05) is 36.4 Å². The molecule has 8 aromatic rings. The summed E-state index contributed by atoms with van der Waals surface area (Å²) in [6.45, 7) is 8.22. The molecule has 0 atom stereocenters. The molecule has 0 saturated carbocycles. The Morgan fingerprint density at radius 3 is 1.48 bits per heavy atom. The van der Waals surface area contributed by atoms with Gasteiger partial charge in [-0.3, -0.25) is 0 Å². The van der Waals surface area contributed by atoms with Crippen LogP contribution in [0.3, 0.4) is 0 Å². The van der Waals surface area contributed by atoms with E-state index in [1.54, 1.807) is 12.1 Å². The van der Waals surface area contributed by atoms with Crippen molar-refractivity contribution in [2.75, 3.05) is 0 Å². The van der Waals surface area contributed by atoms with Crippen LogP contribution in [0.15, 0.2) is 133 Å². The number of hydrogen-bond donors (Lipinski definition) is 0. The van der Waals surface area contributed by atoms with Gasteiger partial charge in [0.2, 0.25) is 5.69 Å². The molecule has 4 nitrogen and oxygen atoms in total. The third-order valence-electron chi connectivity index (χ3n) is 8.20. The fraction of sp³-hybridized carbons (Fsp3) is 0. The average Bonchev–Trinajstić information content (AvgIpc) is 3.57. The Balaban J connectivity index is 1.56. The lowest BCUT2D eigenvalue weighted by Gasteiger charge is -2.20. The fourth-order valence-corrected chi connectivity index (χ4v) is 6.49. The molecular weight excluding hydrogens is 512 g/mol. The minimum Gasteiger partial charge on any atom is -0.318 e. The van der Waals surface area contributed by atoms with Gasteiger partial charge in [-0.2, -0.15) is 5.26 Å². The Labute approximate surface area is 242 Å². The van der Waals surface area contributed by atoms with Gasteiger partial charge in [-0.15, -0.1) is 0 Å². The van der Waals surface area contributed by atoms with Crippen LogP contribution in [0, 0.1) is 17.9 Å². The maximum atomic E-state index is 10.5. The second-order valence-corrected chi connectivity index (χ2v) is 10.3. The molecule has 2 heterocycles. The molecule has 0 spiro atoms. The van der Waals surface area contributed by atoms with Crippen LogP contribution < -0.4 is 0 Å². The van der Waals surface area contributed by atoms with Gasteiger partial charge < -0.3 is 9.13 Å². The SMILES string of the molecule is [C-]#[N+]c1ccc(C#N)c(-c2ccccc2-n2c3ccccc3c3ccccc32)c1-n1c2ccccc2c2ccccc21. The van der Waals surface area contributed by atoms with E-state index >= 15 is 0 Å². The highest BCUT2D eigenvalue weighted by Gasteiger charge is 2.24. The molecule has 0 amide bonds. The molecule has 0 bridgehead atoms. The van der Waals surface area contributed by atoms with E-state index in [9.17, 15) is 5.26 Å². The minimum absolute atomic E-state index is 0.493. The highest BCUT2D eigenvalue weighted by atomic mass is 15.0. The molecule has 8 rings (SSSR count). The zero-order valence-electron chi connectivity index (χ0n) is 22.5. The molecule has 42 heavy (non-hydrogen) atoms. The topological polar surface area (TPSA) is 38.0 Å². The lowest BCUT2D eigenvalue weighted by molar-refractivity contribution is 1.16. The Morgan fingerprint density at radius 2 is 0.976 bits per heavy atom. The van der Waals surface area contributed by atoms with Gasteiger partial charge in [0.1, 0.15) is 0 Å². The molecule has 0 unspecified atom stereocenters. The summed E-state index contributed by atoms with van der Waals surface area (Å²) in [6, 6.07) is 47.6. The second-order valence-electron chi connectivity index (χ2n) is 10.3. The van der Waals surface area contributed by atoms with E-state index in [-0.39, 0.29) is 0 Å². The van der Waals surface area contributed by atoms with Gasteiger partial charge in [-0.1, -0.05) is 103 Å². The molecule has 4 heteroatoms. The lowest BCUT2D eigenvalue weighted by atomic mass is 9.95. The fourth-order valence-electron chi connectivity index (χ4n) is 6.49. The molecule has 6 aromatic carbocycles. The van der Waals surface area contributed by atoms with Crippen molar-refractivity contribution in [1.82, 2.24) is 9.13 Å². The summed E-state index contributed by atoms with van der Waals surface area (Å²) in [5.74, 6) is 0. The van der Waals surface area contributed by atoms with Crippen molar-refractivity contribution in [2.24, 2.45) is 0 Å². The normalized spacial score (nSPS) is 11.3. The summed E-state index contributed by atoms with van der Waals surface area (Å²) in [4.78, 5) is 4.01. The maximum Gasteiger partial charge on any atom is 0.211 e. The van der Waals surface area contributed by atoms with E-state index in [0.29, 0.717) is 11.3 Å². The van der Waals surface area contributed by atoms with E-state index in [2.05, 4.69) is 105 Å². The van der Waals surface area contributed by atoms with Gasteiger partial charge in [0.15, 0.2) is 0 Å². The van der Waals surface area contributed by atoms with Crippen molar-refractivity contribution in [3.05, 3.63) is 150 Å². The first-order valence-electron chi connectivity index (χ1n) is 13.8. The third-order valence-corrected chi connectivity index (χ3v) is 8.20. The Morgan fingerprint density at radius 1 is 0.524 bits per heavy atom. The molecule has 0 fully saturated rings. The standard InChI is InChI=1S/C38H22N4/c1-40-31-23-22-25(24-39)37(38(31)42-34-19-9-4-14-28(34)29-15-5-10-20-35(29)42)30-16-6-11-21-36(30)41-32-17-7-2-12-26(32)27-13-3-8-18-33(27)41/h2-23H. The summed E-state index contributed by atoms with van der Waals surface area (Å²) in [6.07, 6.45) is 0. The van der Waals surface area contributed by atoms with Crippen LogP contribution in [0.1, 0.15) is 5.56 Å². The van der Waals surface area contributed by atoms with Gasteiger partial charge in [-0.25, -0.2) is 4.85 Å². The molecule has 0 radical (unpaired) electrons. The number of hydrogen-bond acceptors (Lipinski definition) is 1. The van der Waals surface area contributed by atoms with Crippen molar-refractivity contribution in [1.29, 1.82) is 5.26 Å². The number of rotatable bonds is 3. The molecule has 0 aliphatic heterocycles. The molecule has 0 N–H and O–H groups in total. The van der Waals surface area contributed by atoms with Crippen LogP contribution in [0.5, 0.6) is 0 Å². The second kappa shape index (κ2) is 9.24. The zero-order valence-corrected chi connectivity index (χ0v) is 22.5. The first-order valence-corrected chi connectivity index (χ1v) is 13.8. The molecular formula is C38H22N4. The van der Waals surface area contributed by atoms with Crippen LogP contribution in [-0.2, 0) is 0 Å². The molecule has 194 valence electrons. The van der Waals surface area contributed by atoms with Crippen molar-refractivity contribution in [3.8, 4) is 28.6 Å². The smallest absolute Gasteiger partial charge is 0.211 e. The lowest BCUT2D eigenvalue weighted by Crippen LogP contribution is -2.03. The molecule has 0 saturated heterocycles. The highest BCUT2D eigenvalue weighted by molar-refractivity contribution is 6.12. The largest absolute Gasteiger partial charge is 0.318 e. The van der Waals surface area contributed by atoms with Crippen molar-refractivity contribution >= 4 is 49.3 Å². The first-order chi connectivity index (χ1) is 20.8. The minimum atomic E-state index is 0.493. The number of nitrogens with zero attached hydrogens (tertiary/aromatic N) is 4. The Kier molecular flexibility index (Phi) is 5.22. The van der Waals surface area contributed by atoms with Crippen LogP contribution in [0.25, 0.3) is 71.0 Å². The number of nitriles is 1. The number of benzene rings is 6. The maximum absolute atomic E-state index is 10.5. The summed E-state index contributed by atoms with van der Waals surface area (Å²) in [5.41, 5.74) is 8.49. The summed E-state index contributed by atoms with van der Waals surface area (Å²) >= 11 is 0. The van der Waals surface area contributed by atoms with E-state index in [1.165, 1.54) is 10.8 Å². The third kappa shape index (κ3) is 3.27. The summed E-state index contributed by atoms with van der Waals surface area (Å²) in [5, 5.41) is 15.1.